The standard InChI is InChI=1S/C23H30F2N4O2/c1-16-13-29(14-17(2)31-16)19-8-6-18(7-9-19)27-22-26-12-20(24)21(28-22)30-15-23(25)10-4-3-5-11-23/h6-9,12,16-17H,3-5,10-11,13-15H2,1-2H3,(H,26,27,28)/t16-,17+. The van der Waals surface area contributed by atoms with Gasteiger partial charge in [-0.25, -0.2) is 9.37 Å². The van der Waals surface area contributed by atoms with E-state index in [4.69, 9.17) is 9.47 Å². The molecule has 168 valence electrons. The molecule has 6 nitrogen and oxygen atoms in total. The Morgan fingerprint density at radius 2 is 1.81 bits per heavy atom. The van der Waals surface area contributed by atoms with Crippen molar-refractivity contribution in [3.05, 3.63) is 36.3 Å². The number of nitrogens with zero attached hydrogens (tertiary/aromatic N) is 3. The first-order valence-corrected chi connectivity index (χ1v) is 11.0. The van der Waals surface area contributed by atoms with Gasteiger partial charge in [-0.15, -0.1) is 0 Å². The molecule has 1 aliphatic heterocycles. The van der Waals surface area contributed by atoms with E-state index in [1.54, 1.807) is 0 Å². The number of hydrogen-bond acceptors (Lipinski definition) is 6. The fraction of sp³-hybridized carbons (Fsp3) is 0.565. The van der Waals surface area contributed by atoms with Crippen LogP contribution < -0.4 is 15.0 Å². The average Bonchev–Trinajstić information content (AvgIpc) is 2.74. The first-order valence-electron chi connectivity index (χ1n) is 11.0. The van der Waals surface area contributed by atoms with Gasteiger partial charge in [-0.05, 0) is 51.0 Å². The molecule has 0 radical (unpaired) electrons. The van der Waals surface area contributed by atoms with Crippen molar-refractivity contribution in [2.75, 3.05) is 29.9 Å². The highest BCUT2D eigenvalue weighted by molar-refractivity contribution is 5.59. The second kappa shape index (κ2) is 9.34. The number of aromatic nitrogens is 2. The summed E-state index contributed by atoms with van der Waals surface area (Å²) in [5.41, 5.74) is 0.468. The second-order valence-electron chi connectivity index (χ2n) is 8.68. The number of ether oxygens (including phenoxy) is 2. The van der Waals surface area contributed by atoms with E-state index < -0.39 is 11.5 Å². The summed E-state index contributed by atoms with van der Waals surface area (Å²) in [5, 5.41) is 3.06. The van der Waals surface area contributed by atoms with Crippen molar-refractivity contribution in [2.45, 2.75) is 63.8 Å². The number of nitrogens with one attached hydrogen (secondary N) is 1. The van der Waals surface area contributed by atoms with E-state index in [9.17, 15) is 8.78 Å². The second-order valence-corrected chi connectivity index (χ2v) is 8.68. The van der Waals surface area contributed by atoms with Crippen molar-refractivity contribution in [3.63, 3.8) is 0 Å². The molecule has 4 rings (SSSR count). The number of hydrogen-bond donors (Lipinski definition) is 1. The number of rotatable bonds is 6. The van der Waals surface area contributed by atoms with Crippen LogP contribution in [0.4, 0.5) is 26.1 Å². The van der Waals surface area contributed by atoms with E-state index in [-0.39, 0.29) is 30.6 Å². The van der Waals surface area contributed by atoms with Crippen LogP contribution in [0.3, 0.4) is 0 Å². The number of anilines is 3. The summed E-state index contributed by atoms with van der Waals surface area (Å²) in [7, 11) is 0. The van der Waals surface area contributed by atoms with E-state index in [1.165, 1.54) is 0 Å². The molecule has 0 bridgehead atoms. The van der Waals surface area contributed by atoms with Crippen molar-refractivity contribution < 1.29 is 18.3 Å². The molecule has 2 aromatic rings. The summed E-state index contributed by atoms with van der Waals surface area (Å²) in [4.78, 5) is 10.4. The molecule has 2 aliphatic rings. The zero-order valence-electron chi connectivity index (χ0n) is 18.1. The molecule has 8 heteroatoms. The lowest BCUT2D eigenvalue weighted by Gasteiger charge is -2.36. The maximum absolute atomic E-state index is 14.8. The summed E-state index contributed by atoms with van der Waals surface area (Å²) in [6.45, 7) is 5.64. The molecule has 0 unspecified atom stereocenters. The summed E-state index contributed by atoms with van der Waals surface area (Å²) >= 11 is 0. The lowest BCUT2D eigenvalue weighted by Crippen LogP contribution is -2.45. The van der Waals surface area contributed by atoms with Crippen molar-refractivity contribution in [3.8, 4) is 5.88 Å². The molecule has 1 aliphatic carbocycles. The van der Waals surface area contributed by atoms with Gasteiger partial charge in [0.2, 0.25) is 11.8 Å². The predicted molar refractivity (Wildman–Crippen MR) is 116 cm³/mol. The van der Waals surface area contributed by atoms with Gasteiger partial charge < -0.3 is 19.7 Å². The van der Waals surface area contributed by atoms with Crippen LogP contribution in [0, 0.1) is 5.82 Å². The van der Waals surface area contributed by atoms with Crippen LogP contribution in [-0.4, -0.2) is 47.5 Å². The molecule has 2 heterocycles. The van der Waals surface area contributed by atoms with Crippen molar-refractivity contribution in [1.82, 2.24) is 9.97 Å². The van der Waals surface area contributed by atoms with Gasteiger partial charge in [0.15, 0.2) is 0 Å². The van der Waals surface area contributed by atoms with E-state index in [0.29, 0.717) is 12.8 Å². The molecular weight excluding hydrogens is 402 g/mol. The normalized spacial score (nSPS) is 23.4. The van der Waals surface area contributed by atoms with Crippen molar-refractivity contribution >= 4 is 17.3 Å². The van der Waals surface area contributed by atoms with Crippen LogP contribution in [0.25, 0.3) is 0 Å². The maximum Gasteiger partial charge on any atom is 0.255 e. The summed E-state index contributed by atoms with van der Waals surface area (Å²) in [6, 6.07) is 7.88. The molecule has 31 heavy (non-hydrogen) atoms. The summed E-state index contributed by atoms with van der Waals surface area (Å²) < 4.78 is 40.1. The van der Waals surface area contributed by atoms with Crippen LogP contribution in [0.1, 0.15) is 46.0 Å². The topological polar surface area (TPSA) is 59.5 Å². The first kappa shape index (κ1) is 21.7. The fourth-order valence-electron chi connectivity index (χ4n) is 4.31. The average molecular weight is 433 g/mol. The SMILES string of the molecule is C[C@@H]1CN(c2ccc(Nc3ncc(F)c(OCC4(F)CCCCC4)n3)cc2)C[C@H](C)O1. The molecule has 1 aromatic carbocycles. The quantitative estimate of drug-likeness (QED) is 0.691. The zero-order chi connectivity index (χ0) is 21.8. The molecule has 1 saturated carbocycles. The van der Waals surface area contributed by atoms with Crippen LogP contribution in [0.15, 0.2) is 30.5 Å². The maximum atomic E-state index is 14.8. The van der Waals surface area contributed by atoms with E-state index in [1.807, 2.05) is 24.3 Å². The Hall–Kier alpha value is -2.48. The summed E-state index contributed by atoms with van der Waals surface area (Å²) in [6.07, 6.45) is 4.99. The van der Waals surface area contributed by atoms with Gasteiger partial charge in [0.1, 0.15) is 12.3 Å². The minimum atomic E-state index is -1.41. The molecular formula is C23H30F2N4O2. The Balaban J connectivity index is 1.39. The number of morpholine rings is 1. The predicted octanol–water partition coefficient (Wildman–Crippen LogP) is 5.02. The third kappa shape index (κ3) is 5.61. The van der Waals surface area contributed by atoms with Crippen LogP contribution in [0.2, 0.25) is 0 Å². The van der Waals surface area contributed by atoms with Gasteiger partial charge in [-0.2, -0.15) is 9.37 Å². The van der Waals surface area contributed by atoms with Gasteiger partial charge in [0.25, 0.3) is 5.88 Å². The van der Waals surface area contributed by atoms with Gasteiger partial charge in [-0.1, -0.05) is 19.3 Å². The monoisotopic (exact) mass is 432 g/mol. The Morgan fingerprint density at radius 3 is 2.48 bits per heavy atom. The lowest BCUT2D eigenvalue weighted by atomic mass is 9.87. The van der Waals surface area contributed by atoms with E-state index >= 15 is 0 Å². The Kier molecular flexibility index (Phi) is 6.55. The molecule has 2 fully saturated rings. The van der Waals surface area contributed by atoms with Crippen LogP contribution in [0.5, 0.6) is 5.88 Å². The first-order chi connectivity index (χ1) is 14.9. The minimum absolute atomic E-state index is 0.185. The molecule has 0 spiro atoms. The summed E-state index contributed by atoms with van der Waals surface area (Å²) in [5.74, 6) is -0.724. The number of alkyl halides is 1. The highest BCUT2D eigenvalue weighted by Crippen LogP contribution is 2.32. The Morgan fingerprint density at radius 1 is 1.13 bits per heavy atom. The van der Waals surface area contributed by atoms with Crippen LogP contribution >= 0.6 is 0 Å². The van der Waals surface area contributed by atoms with Gasteiger partial charge in [0.05, 0.1) is 18.4 Å². The molecule has 0 amide bonds. The fourth-order valence-corrected chi connectivity index (χ4v) is 4.31. The van der Waals surface area contributed by atoms with Crippen molar-refractivity contribution in [2.24, 2.45) is 0 Å². The van der Waals surface area contributed by atoms with E-state index in [2.05, 4.69) is 34.0 Å². The Labute approximate surface area is 182 Å². The van der Waals surface area contributed by atoms with Crippen LogP contribution in [-0.2, 0) is 4.74 Å². The highest BCUT2D eigenvalue weighted by Gasteiger charge is 2.33. The van der Waals surface area contributed by atoms with Gasteiger partial charge >= 0.3 is 0 Å². The number of benzene rings is 1. The lowest BCUT2D eigenvalue weighted by molar-refractivity contribution is -0.00521. The largest absolute Gasteiger partial charge is 0.472 e. The third-order valence-electron chi connectivity index (χ3n) is 5.84. The number of halogens is 2. The van der Waals surface area contributed by atoms with Gasteiger partial charge in [-0.3, -0.25) is 0 Å². The Bertz CT molecular complexity index is 864. The van der Waals surface area contributed by atoms with Gasteiger partial charge in [0, 0.05) is 24.5 Å². The zero-order valence-corrected chi connectivity index (χ0v) is 18.1. The van der Waals surface area contributed by atoms with Crippen molar-refractivity contribution in [1.29, 1.82) is 0 Å². The highest BCUT2D eigenvalue weighted by atomic mass is 19.1. The van der Waals surface area contributed by atoms with E-state index in [0.717, 1.165) is 49.9 Å². The smallest absolute Gasteiger partial charge is 0.255 e. The third-order valence-corrected chi connectivity index (χ3v) is 5.84. The molecule has 1 N–H and O–H groups in total. The molecule has 1 saturated heterocycles. The molecule has 2 atom stereocenters. The minimum Gasteiger partial charge on any atom is -0.472 e. The molecule has 1 aromatic heterocycles.